The molecular weight excluding hydrogens is 334 g/mol. The second-order valence-corrected chi connectivity index (χ2v) is 6.00. The van der Waals surface area contributed by atoms with Crippen LogP contribution in [0.15, 0.2) is 33.2 Å². The minimum Gasteiger partial charge on any atom is -0.419 e. The van der Waals surface area contributed by atoms with Crippen LogP contribution < -0.4 is 0 Å². The third-order valence-electron chi connectivity index (χ3n) is 3.73. The Bertz CT molecular complexity index is 629. The standard InChI is InChI=1S/C15H16BrN3O2/c16-13-7-2-1-6-12(13)15-18-17-14(21-15)9-19-8-4-3-5-11(19)10-20/h1-2,6-7,10-11H,3-5,8-9H2. The molecule has 0 amide bonds. The summed E-state index contributed by atoms with van der Waals surface area (Å²) in [6, 6.07) is 7.70. The maximum atomic E-state index is 11.1. The first-order chi connectivity index (χ1) is 10.3. The third-order valence-corrected chi connectivity index (χ3v) is 4.42. The van der Waals surface area contributed by atoms with Gasteiger partial charge in [0.1, 0.15) is 6.29 Å². The second kappa shape index (κ2) is 6.49. The lowest BCUT2D eigenvalue weighted by Gasteiger charge is -2.30. The maximum absolute atomic E-state index is 11.1. The van der Waals surface area contributed by atoms with E-state index in [1.807, 2.05) is 24.3 Å². The topological polar surface area (TPSA) is 59.2 Å². The summed E-state index contributed by atoms with van der Waals surface area (Å²) in [5.74, 6) is 1.05. The fraction of sp³-hybridized carbons (Fsp3) is 0.400. The van der Waals surface area contributed by atoms with Crippen molar-refractivity contribution in [2.75, 3.05) is 6.54 Å². The number of benzene rings is 1. The monoisotopic (exact) mass is 349 g/mol. The van der Waals surface area contributed by atoms with Gasteiger partial charge >= 0.3 is 0 Å². The van der Waals surface area contributed by atoms with Gasteiger partial charge < -0.3 is 9.21 Å². The predicted octanol–water partition coefficient (Wildman–Crippen LogP) is 3.05. The van der Waals surface area contributed by atoms with E-state index in [9.17, 15) is 4.79 Å². The Morgan fingerprint density at radius 2 is 2.19 bits per heavy atom. The fourth-order valence-corrected chi connectivity index (χ4v) is 3.06. The van der Waals surface area contributed by atoms with Crippen molar-refractivity contribution in [1.29, 1.82) is 0 Å². The largest absolute Gasteiger partial charge is 0.419 e. The molecule has 1 fully saturated rings. The van der Waals surface area contributed by atoms with Crippen molar-refractivity contribution in [2.45, 2.75) is 31.8 Å². The zero-order valence-corrected chi connectivity index (χ0v) is 13.1. The van der Waals surface area contributed by atoms with Crippen LogP contribution in [0.25, 0.3) is 11.5 Å². The number of aldehydes is 1. The smallest absolute Gasteiger partial charge is 0.248 e. The van der Waals surface area contributed by atoms with Gasteiger partial charge in [-0.25, -0.2) is 0 Å². The van der Waals surface area contributed by atoms with Crippen molar-refractivity contribution in [1.82, 2.24) is 15.1 Å². The molecule has 0 spiro atoms. The van der Waals surface area contributed by atoms with Crippen LogP contribution in [0.1, 0.15) is 25.2 Å². The van der Waals surface area contributed by atoms with E-state index in [-0.39, 0.29) is 6.04 Å². The molecule has 110 valence electrons. The molecule has 21 heavy (non-hydrogen) atoms. The van der Waals surface area contributed by atoms with Crippen LogP contribution in [0.4, 0.5) is 0 Å². The van der Waals surface area contributed by atoms with E-state index in [1.165, 1.54) is 0 Å². The van der Waals surface area contributed by atoms with Crippen molar-refractivity contribution < 1.29 is 9.21 Å². The van der Waals surface area contributed by atoms with E-state index in [1.54, 1.807) is 0 Å². The summed E-state index contributed by atoms with van der Waals surface area (Å²) in [5, 5.41) is 8.20. The molecule has 1 atom stereocenters. The van der Waals surface area contributed by atoms with Crippen molar-refractivity contribution in [3.63, 3.8) is 0 Å². The summed E-state index contributed by atoms with van der Waals surface area (Å²) < 4.78 is 6.66. The molecule has 2 heterocycles. The molecule has 0 saturated carbocycles. The lowest BCUT2D eigenvalue weighted by molar-refractivity contribution is -0.113. The summed E-state index contributed by atoms with van der Waals surface area (Å²) in [7, 11) is 0. The molecule has 3 rings (SSSR count). The first-order valence-electron chi connectivity index (χ1n) is 7.04. The van der Waals surface area contributed by atoms with Gasteiger partial charge in [0.25, 0.3) is 0 Å². The summed E-state index contributed by atoms with van der Waals surface area (Å²) in [5.41, 5.74) is 0.877. The number of hydrogen-bond donors (Lipinski definition) is 0. The molecular formula is C15H16BrN3O2. The Hall–Kier alpha value is -1.53. The van der Waals surface area contributed by atoms with Crippen molar-refractivity contribution in [2.24, 2.45) is 0 Å². The molecule has 1 saturated heterocycles. The summed E-state index contributed by atoms with van der Waals surface area (Å²) >= 11 is 3.48. The van der Waals surface area contributed by atoms with Crippen LogP contribution in [-0.4, -0.2) is 34.0 Å². The van der Waals surface area contributed by atoms with Crippen molar-refractivity contribution in [3.05, 3.63) is 34.6 Å². The molecule has 5 nitrogen and oxygen atoms in total. The van der Waals surface area contributed by atoms with Crippen LogP contribution in [0, 0.1) is 0 Å². The molecule has 1 aromatic carbocycles. The first-order valence-corrected chi connectivity index (χ1v) is 7.84. The van der Waals surface area contributed by atoms with Gasteiger partial charge in [-0.3, -0.25) is 4.90 Å². The number of carbonyl (C=O) groups is 1. The minimum absolute atomic E-state index is 0.0300. The number of aromatic nitrogens is 2. The minimum atomic E-state index is -0.0300. The Balaban J connectivity index is 1.76. The molecule has 0 bridgehead atoms. The highest BCUT2D eigenvalue weighted by molar-refractivity contribution is 9.10. The number of nitrogens with zero attached hydrogens (tertiary/aromatic N) is 3. The quantitative estimate of drug-likeness (QED) is 0.794. The Kier molecular flexibility index (Phi) is 4.45. The average molecular weight is 350 g/mol. The van der Waals surface area contributed by atoms with Gasteiger partial charge in [0.05, 0.1) is 18.2 Å². The molecule has 6 heteroatoms. The molecule has 0 aliphatic carbocycles. The fourth-order valence-electron chi connectivity index (χ4n) is 2.60. The van der Waals surface area contributed by atoms with E-state index < -0.39 is 0 Å². The van der Waals surface area contributed by atoms with Gasteiger partial charge in [0.2, 0.25) is 11.8 Å². The van der Waals surface area contributed by atoms with E-state index in [0.29, 0.717) is 18.3 Å². The molecule has 2 aromatic rings. The Morgan fingerprint density at radius 3 is 3.00 bits per heavy atom. The van der Waals surface area contributed by atoms with Crippen molar-refractivity contribution >= 4 is 22.2 Å². The number of halogens is 1. The van der Waals surface area contributed by atoms with Crippen LogP contribution >= 0.6 is 15.9 Å². The van der Waals surface area contributed by atoms with Crippen LogP contribution in [0.3, 0.4) is 0 Å². The van der Waals surface area contributed by atoms with Gasteiger partial charge in [-0.15, -0.1) is 10.2 Å². The number of likely N-dealkylation sites (tertiary alicyclic amines) is 1. The van der Waals surface area contributed by atoms with E-state index in [4.69, 9.17) is 4.42 Å². The van der Waals surface area contributed by atoms with E-state index in [0.717, 1.165) is 42.1 Å². The van der Waals surface area contributed by atoms with E-state index in [2.05, 4.69) is 31.0 Å². The first kappa shape index (κ1) is 14.4. The lowest BCUT2D eigenvalue weighted by atomic mass is 10.0. The van der Waals surface area contributed by atoms with Crippen LogP contribution in [-0.2, 0) is 11.3 Å². The van der Waals surface area contributed by atoms with Gasteiger partial charge in [-0.2, -0.15) is 0 Å². The second-order valence-electron chi connectivity index (χ2n) is 5.15. The number of rotatable bonds is 4. The predicted molar refractivity (Wildman–Crippen MR) is 81.5 cm³/mol. The third kappa shape index (κ3) is 3.22. The highest BCUT2D eigenvalue weighted by Crippen LogP contribution is 2.27. The van der Waals surface area contributed by atoms with Gasteiger partial charge in [0, 0.05) is 4.47 Å². The van der Waals surface area contributed by atoms with Gasteiger partial charge in [-0.1, -0.05) is 18.6 Å². The van der Waals surface area contributed by atoms with E-state index >= 15 is 0 Å². The zero-order chi connectivity index (χ0) is 14.7. The van der Waals surface area contributed by atoms with Crippen molar-refractivity contribution in [3.8, 4) is 11.5 Å². The molecule has 1 aliphatic heterocycles. The lowest BCUT2D eigenvalue weighted by Crippen LogP contribution is -2.39. The SMILES string of the molecule is O=CC1CCCCN1Cc1nnc(-c2ccccc2Br)o1. The molecule has 0 radical (unpaired) electrons. The Morgan fingerprint density at radius 1 is 1.33 bits per heavy atom. The summed E-state index contributed by atoms with van der Waals surface area (Å²) in [4.78, 5) is 13.2. The molecule has 1 aliphatic rings. The maximum Gasteiger partial charge on any atom is 0.248 e. The summed E-state index contributed by atoms with van der Waals surface area (Å²) in [6.07, 6.45) is 4.14. The highest BCUT2D eigenvalue weighted by Gasteiger charge is 2.23. The van der Waals surface area contributed by atoms with Crippen LogP contribution in [0.2, 0.25) is 0 Å². The number of piperidine rings is 1. The highest BCUT2D eigenvalue weighted by atomic mass is 79.9. The number of carbonyl (C=O) groups excluding carboxylic acids is 1. The zero-order valence-electron chi connectivity index (χ0n) is 11.5. The summed E-state index contributed by atoms with van der Waals surface area (Å²) in [6.45, 7) is 1.43. The van der Waals surface area contributed by atoms with Crippen LogP contribution in [0.5, 0.6) is 0 Å². The molecule has 0 N–H and O–H groups in total. The Labute approximate surface area is 131 Å². The molecule has 1 aromatic heterocycles. The average Bonchev–Trinajstić information content (AvgIpc) is 2.96. The number of hydrogen-bond acceptors (Lipinski definition) is 5. The normalized spacial score (nSPS) is 19.6. The molecule has 1 unspecified atom stereocenters. The van der Waals surface area contributed by atoms with Gasteiger partial charge in [0.15, 0.2) is 0 Å². The van der Waals surface area contributed by atoms with Gasteiger partial charge in [-0.05, 0) is 47.4 Å².